The van der Waals surface area contributed by atoms with Crippen molar-refractivity contribution in [1.82, 2.24) is 0 Å². The predicted molar refractivity (Wildman–Crippen MR) is 55.8 cm³/mol. The van der Waals surface area contributed by atoms with Gasteiger partial charge in [0.1, 0.15) is 0 Å². The van der Waals surface area contributed by atoms with Crippen LogP contribution in [0.2, 0.25) is 0 Å². The van der Waals surface area contributed by atoms with Crippen LogP contribution in [0.3, 0.4) is 0 Å². The number of epoxide rings is 1. The molecule has 0 bridgehead atoms. The zero-order valence-electron chi connectivity index (χ0n) is 8.72. The molecule has 2 saturated carbocycles. The minimum atomic E-state index is 0.302. The van der Waals surface area contributed by atoms with Gasteiger partial charge in [0, 0.05) is 18.3 Å². The Hall–Kier alpha value is -0.480. The van der Waals surface area contributed by atoms with Gasteiger partial charge in [-0.25, -0.2) is 0 Å². The highest BCUT2D eigenvalue weighted by molar-refractivity contribution is 5.12. The topological polar surface area (TPSA) is 12.5 Å². The Bertz CT molecular complexity index is 275. The van der Waals surface area contributed by atoms with Crippen LogP contribution in [0, 0.1) is 23.7 Å². The molecule has 76 valence electrons. The van der Waals surface area contributed by atoms with E-state index in [1.165, 1.54) is 38.5 Å². The van der Waals surface area contributed by atoms with Crippen LogP contribution < -0.4 is 0 Å². The average molecular weight is 190 g/mol. The second-order valence-electron chi connectivity index (χ2n) is 5.10. The fraction of sp³-hybridized carbons (Fsp3) is 0.846. The summed E-state index contributed by atoms with van der Waals surface area (Å²) < 4.78 is 5.65. The van der Waals surface area contributed by atoms with Crippen molar-refractivity contribution in [2.24, 2.45) is 11.8 Å². The van der Waals surface area contributed by atoms with Crippen LogP contribution >= 0.6 is 0 Å². The fourth-order valence-electron chi connectivity index (χ4n) is 2.60. The summed E-state index contributed by atoms with van der Waals surface area (Å²) in [4.78, 5) is 0. The van der Waals surface area contributed by atoms with Crippen LogP contribution in [0.5, 0.6) is 0 Å². The lowest BCUT2D eigenvalue weighted by atomic mass is 9.78. The van der Waals surface area contributed by atoms with Gasteiger partial charge in [-0.2, -0.15) is 0 Å². The van der Waals surface area contributed by atoms with Crippen LogP contribution in [0.15, 0.2) is 0 Å². The van der Waals surface area contributed by atoms with E-state index < -0.39 is 0 Å². The highest BCUT2D eigenvalue weighted by Crippen LogP contribution is 2.47. The van der Waals surface area contributed by atoms with Gasteiger partial charge in [0.15, 0.2) is 0 Å². The van der Waals surface area contributed by atoms with E-state index in [-0.39, 0.29) is 0 Å². The zero-order valence-corrected chi connectivity index (χ0v) is 8.72. The maximum absolute atomic E-state index is 5.65. The zero-order chi connectivity index (χ0) is 9.43. The van der Waals surface area contributed by atoms with Gasteiger partial charge in [0.25, 0.3) is 0 Å². The molecule has 1 saturated heterocycles. The van der Waals surface area contributed by atoms with E-state index in [0.29, 0.717) is 5.60 Å². The largest absolute Gasteiger partial charge is 0.369 e. The molecule has 2 atom stereocenters. The normalized spacial score (nSPS) is 40.4. The number of rotatable bonds is 1. The van der Waals surface area contributed by atoms with Gasteiger partial charge >= 0.3 is 0 Å². The van der Waals surface area contributed by atoms with Crippen LogP contribution in [0.4, 0.5) is 0 Å². The summed E-state index contributed by atoms with van der Waals surface area (Å²) in [5.74, 6) is 8.26. The Morgan fingerprint density at radius 3 is 2.79 bits per heavy atom. The summed E-state index contributed by atoms with van der Waals surface area (Å²) in [5, 5.41) is 0. The summed E-state index contributed by atoms with van der Waals surface area (Å²) in [7, 11) is 0. The van der Waals surface area contributed by atoms with Crippen molar-refractivity contribution in [3.63, 3.8) is 0 Å². The van der Waals surface area contributed by atoms with Gasteiger partial charge in [-0.3, -0.25) is 0 Å². The van der Waals surface area contributed by atoms with Crippen LogP contribution in [-0.4, -0.2) is 12.2 Å². The fourth-order valence-corrected chi connectivity index (χ4v) is 2.60. The Morgan fingerprint density at radius 2 is 2.07 bits per heavy atom. The Morgan fingerprint density at radius 1 is 1.21 bits per heavy atom. The van der Waals surface area contributed by atoms with Crippen molar-refractivity contribution in [1.29, 1.82) is 0 Å². The number of ether oxygens (including phenoxy) is 1. The molecule has 0 N–H and O–H groups in total. The number of hydrogen-bond acceptors (Lipinski definition) is 1. The molecule has 2 unspecified atom stereocenters. The number of hydrogen-bond donors (Lipinski definition) is 0. The van der Waals surface area contributed by atoms with Crippen molar-refractivity contribution in [2.45, 2.75) is 50.5 Å². The first kappa shape index (κ1) is 8.80. The average Bonchev–Trinajstić information content (AvgIpc) is 3.05. The maximum Gasteiger partial charge on any atom is 0.0953 e. The van der Waals surface area contributed by atoms with E-state index in [1.807, 2.05) is 0 Å². The van der Waals surface area contributed by atoms with Gasteiger partial charge in [-0.15, -0.1) is 5.92 Å². The second-order valence-corrected chi connectivity index (χ2v) is 5.10. The molecular weight excluding hydrogens is 172 g/mol. The highest BCUT2D eigenvalue weighted by Gasteiger charge is 2.51. The smallest absolute Gasteiger partial charge is 0.0953 e. The second kappa shape index (κ2) is 3.28. The van der Waals surface area contributed by atoms with Crippen molar-refractivity contribution < 1.29 is 4.74 Å². The first-order valence-corrected chi connectivity index (χ1v) is 6.01. The van der Waals surface area contributed by atoms with Crippen molar-refractivity contribution >= 4 is 0 Å². The molecule has 0 aromatic heterocycles. The Balaban J connectivity index is 1.57. The quantitative estimate of drug-likeness (QED) is 0.457. The highest BCUT2D eigenvalue weighted by atomic mass is 16.6. The summed E-state index contributed by atoms with van der Waals surface area (Å²) >= 11 is 0. The third-order valence-electron chi connectivity index (χ3n) is 3.89. The molecule has 2 aliphatic carbocycles. The summed E-state index contributed by atoms with van der Waals surface area (Å²) in [6.07, 6.45) is 9.19. The Kier molecular flexibility index (Phi) is 2.06. The minimum Gasteiger partial charge on any atom is -0.369 e. The molecule has 3 fully saturated rings. The molecule has 1 heteroatoms. The first-order valence-electron chi connectivity index (χ1n) is 6.01. The molecular formula is C13H18O. The molecule has 1 spiro atoms. The lowest BCUT2D eigenvalue weighted by Crippen LogP contribution is -2.27. The van der Waals surface area contributed by atoms with E-state index in [2.05, 4.69) is 11.8 Å². The predicted octanol–water partition coefficient (Wildman–Crippen LogP) is 2.75. The summed E-state index contributed by atoms with van der Waals surface area (Å²) in [6.45, 7) is 1.02. The molecule has 3 aliphatic rings. The molecule has 1 aliphatic heterocycles. The molecule has 0 aromatic rings. The van der Waals surface area contributed by atoms with E-state index >= 15 is 0 Å². The van der Waals surface area contributed by atoms with Crippen molar-refractivity contribution in [3.05, 3.63) is 0 Å². The molecule has 0 aromatic carbocycles. The third kappa shape index (κ3) is 1.68. The van der Waals surface area contributed by atoms with Crippen LogP contribution in [-0.2, 0) is 4.74 Å². The molecule has 0 amide bonds. The third-order valence-corrected chi connectivity index (χ3v) is 3.89. The van der Waals surface area contributed by atoms with Gasteiger partial charge < -0.3 is 4.74 Å². The monoisotopic (exact) mass is 190 g/mol. The molecule has 0 radical (unpaired) electrons. The first-order chi connectivity index (χ1) is 6.89. The van der Waals surface area contributed by atoms with E-state index in [9.17, 15) is 0 Å². The van der Waals surface area contributed by atoms with Crippen molar-refractivity contribution in [2.75, 3.05) is 6.61 Å². The molecule has 1 heterocycles. The van der Waals surface area contributed by atoms with E-state index in [0.717, 1.165) is 24.9 Å². The van der Waals surface area contributed by atoms with Gasteiger partial charge in [0.05, 0.1) is 12.2 Å². The van der Waals surface area contributed by atoms with Crippen LogP contribution in [0.1, 0.15) is 44.9 Å². The molecule has 3 rings (SSSR count). The summed E-state index contributed by atoms with van der Waals surface area (Å²) in [6, 6.07) is 0. The molecule has 1 nitrogen and oxygen atoms in total. The lowest BCUT2D eigenvalue weighted by Gasteiger charge is -2.27. The van der Waals surface area contributed by atoms with Gasteiger partial charge in [-0.1, -0.05) is 18.8 Å². The maximum atomic E-state index is 5.65. The standard InChI is InChI=1S/C13H18O/c1-2-9-13(10-14-13)12(5-1)6-3-4-11-7-8-11/h11-12H,1-2,5-10H2. The lowest BCUT2D eigenvalue weighted by molar-refractivity contribution is 0.161. The molecule has 14 heavy (non-hydrogen) atoms. The van der Waals surface area contributed by atoms with Crippen LogP contribution in [0.25, 0.3) is 0 Å². The van der Waals surface area contributed by atoms with E-state index in [4.69, 9.17) is 4.74 Å². The van der Waals surface area contributed by atoms with E-state index in [1.54, 1.807) is 0 Å². The minimum absolute atomic E-state index is 0.302. The SMILES string of the molecule is C(#CC1CC1)CC1CCCCC12CO2. The Labute approximate surface area is 86.2 Å². The summed E-state index contributed by atoms with van der Waals surface area (Å²) in [5.41, 5.74) is 0.302. The van der Waals surface area contributed by atoms with Gasteiger partial charge in [-0.05, 0) is 25.7 Å². The van der Waals surface area contributed by atoms with Crippen molar-refractivity contribution in [3.8, 4) is 11.8 Å². The van der Waals surface area contributed by atoms with Gasteiger partial charge in [0.2, 0.25) is 0 Å².